The molecular formula is C14H16F3NO3. The van der Waals surface area contributed by atoms with Gasteiger partial charge in [-0.15, -0.1) is 0 Å². The molecule has 0 saturated carbocycles. The molecule has 0 aliphatic rings. The zero-order valence-corrected chi connectivity index (χ0v) is 11.4. The third-order valence-corrected chi connectivity index (χ3v) is 2.51. The van der Waals surface area contributed by atoms with Crippen LogP contribution in [-0.4, -0.2) is 37.4 Å². The van der Waals surface area contributed by atoms with E-state index in [1.54, 1.807) is 0 Å². The number of carbonyl (C=O) groups is 1. The van der Waals surface area contributed by atoms with Crippen LogP contribution in [0.3, 0.4) is 0 Å². The largest absolute Gasteiger partial charge is 0.416 e. The van der Waals surface area contributed by atoms with Crippen LogP contribution in [0, 0.1) is 0 Å². The van der Waals surface area contributed by atoms with Crippen LogP contribution in [0.2, 0.25) is 0 Å². The minimum absolute atomic E-state index is 0.000393. The van der Waals surface area contributed by atoms with E-state index in [1.807, 2.05) is 0 Å². The number of halogens is 3. The molecule has 4 nitrogen and oxygen atoms in total. The smallest absolute Gasteiger partial charge is 0.389 e. The molecule has 0 aliphatic carbocycles. The van der Waals surface area contributed by atoms with Crippen LogP contribution in [0.25, 0.3) is 6.08 Å². The Balaban J connectivity index is 2.58. The van der Waals surface area contributed by atoms with Gasteiger partial charge in [-0.2, -0.15) is 13.2 Å². The Morgan fingerprint density at radius 3 is 2.81 bits per heavy atom. The summed E-state index contributed by atoms with van der Waals surface area (Å²) in [5, 5.41) is 11.7. The number of hydrogen-bond donors (Lipinski definition) is 2. The summed E-state index contributed by atoms with van der Waals surface area (Å²) in [6, 6.07) is 4.63. The number of aliphatic hydroxyl groups excluding tert-OH is 1. The molecule has 0 spiro atoms. The van der Waals surface area contributed by atoms with E-state index in [1.165, 1.54) is 25.3 Å². The highest BCUT2D eigenvalue weighted by molar-refractivity contribution is 5.91. The van der Waals surface area contributed by atoms with E-state index in [9.17, 15) is 23.1 Å². The maximum Gasteiger partial charge on any atom is 0.416 e. The van der Waals surface area contributed by atoms with Crippen LogP contribution < -0.4 is 5.32 Å². The van der Waals surface area contributed by atoms with Crippen LogP contribution in [-0.2, 0) is 15.7 Å². The van der Waals surface area contributed by atoms with Crippen molar-refractivity contribution in [1.29, 1.82) is 0 Å². The average molecular weight is 303 g/mol. The molecule has 0 saturated heterocycles. The van der Waals surface area contributed by atoms with Crippen molar-refractivity contribution in [2.45, 2.75) is 12.3 Å². The molecule has 1 unspecified atom stereocenters. The van der Waals surface area contributed by atoms with Crippen LogP contribution >= 0.6 is 0 Å². The van der Waals surface area contributed by atoms with Crippen LogP contribution in [0.15, 0.2) is 30.3 Å². The first-order valence-corrected chi connectivity index (χ1v) is 6.13. The summed E-state index contributed by atoms with van der Waals surface area (Å²) < 4.78 is 42.2. The number of methoxy groups -OCH3 is 1. The summed E-state index contributed by atoms with van der Waals surface area (Å²) in [5.74, 6) is -0.512. The van der Waals surface area contributed by atoms with E-state index in [2.05, 4.69) is 10.1 Å². The second-order valence-electron chi connectivity index (χ2n) is 4.31. The Morgan fingerprint density at radius 2 is 2.19 bits per heavy atom. The molecule has 21 heavy (non-hydrogen) atoms. The van der Waals surface area contributed by atoms with Gasteiger partial charge < -0.3 is 15.2 Å². The molecule has 0 fully saturated rings. The summed E-state index contributed by atoms with van der Waals surface area (Å²) in [6.45, 7) is 0.0806. The van der Waals surface area contributed by atoms with E-state index >= 15 is 0 Å². The van der Waals surface area contributed by atoms with Gasteiger partial charge in [-0.1, -0.05) is 12.1 Å². The molecule has 1 amide bonds. The van der Waals surface area contributed by atoms with Crippen LogP contribution in [0.5, 0.6) is 0 Å². The molecule has 2 N–H and O–H groups in total. The third kappa shape index (κ3) is 6.42. The second-order valence-corrected chi connectivity index (χ2v) is 4.31. The molecule has 0 aromatic heterocycles. The topological polar surface area (TPSA) is 58.6 Å². The van der Waals surface area contributed by atoms with Gasteiger partial charge in [-0.05, 0) is 23.8 Å². The van der Waals surface area contributed by atoms with E-state index < -0.39 is 23.8 Å². The van der Waals surface area contributed by atoms with Gasteiger partial charge in [-0.3, -0.25) is 4.79 Å². The quantitative estimate of drug-likeness (QED) is 0.789. The van der Waals surface area contributed by atoms with Crippen molar-refractivity contribution in [2.75, 3.05) is 20.3 Å². The second kappa shape index (κ2) is 7.80. The summed E-state index contributed by atoms with van der Waals surface area (Å²) in [5.41, 5.74) is -0.516. The highest BCUT2D eigenvalue weighted by atomic mass is 19.4. The molecule has 1 aromatic carbocycles. The minimum Gasteiger partial charge on any atom is -0.389 e. The molecule has 0 radical (unpaired) electrons. The Bertz CT molecular complexity index is 500. The molecule has 7 heteroatoms. The van der Waals surface area contributed by atoms with Crippen molar-refractivity contribution < 1.29 is 27.8 Å². The fraction of sp³-hybridized carbons (Fsp3) is 0.357. The van der Waals surface area contributed by atoms with Crippen LogP contribution in [0.1, 0.15) is 11.1 Å². The fourth-order valence-corrected chi connectivity index (χ4v) is 1.52. The van der Waals surface area contributed by atoms with E-state index in [0.29, 0.717) is 0 Å². The summed E-state index contributed by atoms with van der Waals surface area (Å²) >= 11 is 0. The lowest BCUT2D eigenvalue weighted by atomic mass is 10.1. The van der Waals surface area contributed by atoms with Gasteiger partial charge in [-0.25, -0.2) is 0 Å². The lowest BCUT2D eigenvalue weighted by Crippen LogP contribution is -2.33. The SMILES string of the molecule is COCC(O)CNC(=O)/C=C/c1cccc(C(F)(F)F)c1. The van der Waals surface area contributed by atoms with Crippen molar-refractivity contribution in [3.05, 3.63) is 41.5 Å². The number of aliphatic hydroxyl groups is 1. The first-order valence-electron chi connectivity index (χ1n) is 6.13. The van der Waals surface area contributed by atoms with E-state index in [0.717, 1.165) is 18.2 Å². The number of ether oxygens (including phenoxy) is 1. The van der Waals surface area contributed by atoms with E-state index in [4.69, 9.17) is 0 Å². The summed E-state index contributed by atoms with van der Waals surface area (Å²) in [6.07, 6.45) is -2.88. The van der Waals surface area contributed by atoms with E-state index in [-0.39, 0.29) is 18.7 Å². The molecule has 1 rings (SSSR count). The Morgan fingerprint density at radius 1 is 1.48 bits per heavy atom. The van der Waals surface area contributed by atoms with Crippen molar-refractivity contribution >= 4 is 12.0 Å². The number of hydrogen-bond acceptors (Lipinski definition) is 3. The van der Waals surface area contributed by atoms with Gasteiger partial charge in [0.1, 0.15) is 0 Å². The number of rotatable bonds is 6. The zero-order chi connectivity index (χ0) is 15.9. The van der Waals surface area contributed by atoms with Crippen molar-refractivity contribution in [2.24, 2.45) is 0 Å². The fourth-order valence-electron chi connectivity index (χ4n) is 1.52. The Kier molecular flexibility index (Phi) is 6.39. The Hall–Kier alpha value is -1.86. The summed E-state index contributed by atoms with van der Waals surface area (Å²) in [7, 11) is 1.42. The molecular weight excluding hydrogens is 287 g/mol. The number of benzene rings is 1. The monoisotopic (exact) mass is 303 g/mol. The number of carbonyl (C=O) groups excluding carboxylic acids is 1. The molecule has 116 valence electrons. The van der Waals surface area contributed by atoms with Gasteiger partial charge in [0.2, 0.25) is 5.91 Å². The Labute approximate surface area is 120 Å². The number of nitrogens with one attached hydrogen (secondary N) is 1. The molecule has 0 aliphatic heterocycles. The maximum absolute atomic E-state index is 12.5. The highest BCUT2D eigenvalue weighted by Gasteiger charge is 2.30. The predicted octanol–water partition coefficient (Wildman–Crippen LogP) is 1.84. The van der Waals surface area contributed by atoms with Gasteiger partial charge in [0, 0.05) is 19.7 Å². The average Bonchev–Trinajstić information content (AvgIpc) is 2.42. The maximum atomic E-state index is 12.5. The predicted molar refractivity (Wildman–Crippen MR) is 71.4 cm³/mol. The third-order valence-electron chi connectivity index (χ3n) is 2.51. The van der Waals surface area contributed by atoms with Crippen molar-refractivity contribution in [3.8, 4) is 0 Å². The number of alkyl halides is 3. The molecule has 1 atom stereocenters. The van der Waals surface area contributed by atoms with Gasteiger partial charge in [0.05, 0.1) is 18.3 Å². The minimum atomic E-state index is -4.42. The lowest BCUT2D eigenvalue weighted by Gasteiger charge is -2.09. The zero-order valence-electron chi connectivity index (χ0n) is 11.4. The first kappa shape index (κ1) is 17.2. The van der Waals surface area contributed by atoms with Gasteiger partial charge in [0.15, 0.2) is 0 Å². The lowest BCUT2D eigenvalue weighted by molar-refractivity contribution is -0.137. The van der Waals surface area contributed by atoms with Crippen molar-refractivity contribution in [1.82, 2.24) is 5.32 Å². The van der Waals surface area contributed by atoms with Crippen molar-refractivity contribution in [3.63, 3.8) is 0 Å². The van der Waals surface area contributed by atoms with Crippen LogP contribution in [0.4, 0.5) is 13.2 Å². The standard InChI is InChI=1S/C14H16F3NO3/c1-21-9-12(19)8-18-13(20)6-5-10-3-2-4-11(7-10)14(15,16)17/h2-7,12,19H,8-9H2,1H3,(H,18,20)/b6-5+. The van der Waals surface area contributed by atoms with Gasteiger partial charge >= 0.3 is 6.18 Å². The molecule has 0 heterocycles. The normalized spacial score (nSPS) is 13.4. The summed E-state index contributed by atoms with van der Waals surface area (Å²) in [4.78, 5) is 11.4. The molecule has 0 bridgehead atoms. The van der Waals surface area contributed by atoms with Gasteiger partial charge in [0.25, 0.3) is 0 Å². The highest BCUT2D eigenvalue weighted by Crippen LogP contribution is 2.29. The molecule has 1 aromatic rings. The first-order chi connectivity index (χ1) is 9.82. The number of amides is 1.